The van der Waals surface area contributed by atoms with Crippen molar-refractivity contribution in [3.8, 4) is 5.75 Å². The van der Waals surface area contributed by atoms with Crippen LogP contribution in [0.25, 0.3) is 0 Å². The van der Waals surface area contributed by atoms with Crippen LogP contribution in [0.1, 0.15) is 88.3 Å². The van der Waals surface area contributed by atoms with Gasteiger partial charge in [-0.25, -0.2) is 0 Å². The van der Waals surface area contributed by atoms with Gasteiger partial charge in [-0.2, -0.15) is 0 Å². The van der Waals surface area contributed by atoms with Crippen molar-refractivity contribution in [2.24, 2.45) is 27.8 Å². The van der Waals surface area contributed by atoms with E-state index in [0.29, 0.717) is 23.3 Å². The molecule has 2 saturated carbocycles. The van der Waals surface area contributed by atoms with Crippen molar-refractivity contribution in [2.45, 2.75) is 83.7 Å². The van der Waals surface area contributed by atoms with Crippen molar-refractivity contribution in [3.63, 3.8) is 0 Å². The van der Waals surface area contributed by atoms with Gasteiger partial charge in [0.25, 0.3) is 0 Å². The maximum Gasteiger partial charge on any atom is 0.312 e. The number of aryl methyl sites for hydroxylation is 1. The lowest BCUT2D eigenvalue weighted by Crippen LogP contribution is -2.56. The molecule has 5 rings (SSSR count). The number of phenolic OH excluding ortho intramolecular Hbond substituents is 1. The molecule has 3 fully saturated rings. The van der Waals surface area contributed by atoms with Crippen LogP contribution in [-0.4, -0.2) is 28.1 Å². The number of aromatic hydroxyl groups is 1. The normalized spacial score (nSPS) is 39.4. The van der Waals surface area contributed by atoms with E-state index in [1.165, 1.54) is 17.3 Å². The first-order valence-corrected chi connectivity index (χ1v) is 11.5. The third kappa shape index (κ3) is 2.59. The highest BCUT2D eigenvalue weighted by Crippen LogP contribution is 2.67. The topological polar surface area (TPSA) is 79.1 Å². The Morgan fingerprint density at radius 1 is 1.10 bits per heavy atom. The summed E-state index contributed by atoms with van der Waals surface area (Å²) < 4.78 is 6.32. The number of benzene rings is 1. The predicted molar refractivity (Wildman–Crippen MR) is 114 cm³/mol. The highest BCUT2D eigenvalue weighted by atomic mass is 16.6. The highest BCUT2D eigenvalue weighted by molar-refractivity contribution is 5.83. The fourth-order valence-electron chi connectivity index (χ4n) is 7.45. The van der Waals surface area contributed by atoms with E-state index in [1.54, 1.807) is 0 Å². The lowest BCUT2D eigenvalue weighted by atomic mass is 9.52. The maximum absolute atomic E-state index is 12.8. The van der Waals surface area contributed by atoms with Crippen LogP contribution < -0.4 is 0 Å². The predicted octanol–water partition coefficient (Wildman–Crippen LogP) is 5.16. The van der Waals surface area contributed by atoms with E-state index in [0.717, 1.165) is 51.4 Å². The van der Waals surface area contributed by atoms with E-state index in [1.807, 2.05) is 26.0 Å². The molecule has 1 saturated heterocycles. The number of esters is 1. The summed E-state index contributed by atoms with van der Waals surface area (Å²) in [4.78, 5) is 12.8. The number of hydrogen-bond acceptors (Lipinski definition) is 5. The molecule has 1 aromatic rings. The first kappa shape index (κ1) is 19.9. The fraction of sp³-hybridized carbons (Fsp3) is 0.680. The molecule has 5 heteroatoms. The second-order valence-corrected chi connectivity index (χ2v) is 11.0. The van der Waals surface area contributed by atoms with Gasteiger partial charge < -0.3 is 15.1 Å². The number of nitrogens with zero attached hydrogens (tertiary/aromatic N) is 1. The minimum atomic E-state index is -0.368. The van der Waals surface area contributed by atoms with E-state index in [2.05, 4.69) is 12.1 Å². The molecule has 5 atom stereocenters. The summed E-state index contributed by atoms with van der Waals surface area (Å²) >= 11 is 0. The standard InChI is InChI=1S/C25H33NO4/c1-23(2)10-11-25(30-22(23)28)9-7-20-18-5-4-15-13-21(27)16(14-26-29)12-19(15)17(18)6-8-24(20,25)3/h12-14,17-18,20,27,29H,4-11H2,1-3H3/b26-14+/t17?,18?,20?,24-,25+/m0/s1. The Labute approximate surface area is 178 Å². The summed E-state index contributed by atoms with van der Waals surface area (Å²) in [5.74, 6) is 1.76. The molecule has 0 aromatic heterocycles. The molecule has 30 heavy (non-hydrogen) atoms. The summed E-state index contributed by atoms with van der Waals surface area (Å²) in [6.45, 7) is 6.41. The number of ether oxygens (including phenoxy) is 1. The molecule has 2 N–H and O–H groups in total. The number of phenols is 1. The summed E-state index contributed by atoms with van der Waals surface area (Å²) in [6.07, 6.45) is 9.57. The second-order valence-electron chi connectivity index (χ2n) is 11.0. The Morgan fingerprint density at radius 3 is 2.63 bits per heavy atom. The zero-order valence-electron chi connectivity index (χ0n) is 18.3. The monoisotopic (exact) mass is 411 g/mol. The molecule has 1 aromatic carbocycles. The first-order valence-electron chi connectivity index (χ1n) is 11.5. The first-order chi connectivity index (χ1) is 14.2. The van der Waals surface area contributed by atoms with Crippen molar-refractivity contribution >= 4 is 12.2 Å². The summed E-state index contributed by atoms with van der Waals surface area (Å²) in [7, 11) is 0. The molecular weight excluding hydrogens is 378 g/mol. The van der Waals surface area contributed by atoms with Gasteiger partial charge in [-0.05, 0) is 106 Å². The molecule has 5 nitrogen and oxygen atoms in total. The third-order valence-electron chi connectivity index (χ3n) is 9.35. The SMILES string of the molecule is CC1(C)CC[C@@]2(CCC3C4CCc5cc(O)c(/C=N/O)cc5C4CC[C@@]32C)OC1=O. The van der Waals surface area contributed by atoms with E-state index in [-0.39, 0.29) is 28.1 Å². The van der Waals surface area contributed by atoms with Gasteiger partial charge in [0.05, 0.1) is 11.6 Å². The number of oxime groups is 1. The van der Waals surface area contributed by atoms with Crippen LogP contribution in [0.15, 0.2) is 17.3 Å². The Morgan fingerprint density at radius 2 is 1.90 bits per heavy atom. The molecular formula is C25H33NO4. The largest absolute Gasteiger partial charge is 0.507 e. The van der Waals surface area contributed by atoms with Crippen molar-refractivity contribution in [1.29, 1.82) is 0 Å². The summed E-state index contributed by atoms with van der Waals surface area (Å²) in [6, 6.07) is 3.88. The molecule has 0 bridgehead atoms. The van der Waals surface area contributed by atoms with Gasteiger partial charge in [-0.15, -0.1) is 0 Å². The van der Waals surface area contributed by atoms with E-state index in [4.69, 9.17) is 9.94 Å². The lowest BCUT2D eigenvalue weighted by molar-refractivity contribution is -0.206. The van der Waals surface area contributed by atoms with E-state index < -0.39 is 0 Å². The molecule has 0 amide bonds. The van der Waals surface area contributed by atoms with Crippen molar-refractivity contribution in [3.05, 3.63) is 28.8 Å². The van der Waals surface area contributed by atoms with E-state index >= 15 is 0 Å². The van der Waals surface area contributed by atoms with E-state index in [9.17, 15) is 9.90 Å². The zero-order valence-corrected chi connectivity index (χ0v) is 18.3. The van der Waals surface area contributed by atoms with Crippen molar-refractivity contribution in [1.82, 2.24) is 0 Å². The number of rotatable bonds is 1. The van der Waals surface area contributed by atoms with Crippen LogP contribution in [0.4, 0.5) is 0 Å². The minimum absolute atomic E-state index is 0.0184. The smallest absolute Gasteiger partial charge is 0.312 e. The Hall–Kier alpha value is -2.04. The van der Waals surface area contributed by atoms with Crippen molar-refractivity contribution in [2.75, 3.05) is 0 Å². The van der Waals surface area contributed by atoms with Gasteiger partial charge in [-0.3, -0.25) is 4.79 Å². The van der Waals surface area contributed by atoms with Crippen molar-refractivity contribution < 1.29 is 19.8 Å². The Balaban J connectivity index is 1.48. The minimum Gasteiger partial charge on any atom is -0.507 e. The van der Waals surface area contributed by atoms with Crippen LogP contribution in [0.5, 0.6) is 5.75 Å². The number of hydrogen-bond donors (Lipinski definition) is 2. The average Bonchev–Trinajstić information content (AvgIpc) is 2.98. The average molecular weight is 412 g/mol. The van der Waals surface area contributed by atoms with Gasteiger partial charge in [0, 0.05) is 11.0 Å². The van der Waals surface area contributed by atoms with Gasteiger partial charge in [-0.1, -0.05) is 12.1 Å². The maximum atomic E-state index is 12.8. The second kappa shape index (κ2) is 6.48. The van der Waals surface area contributed by atoms with Crippen LogP contribution >= 0.6 is 0 Å². The zero-order chi connectivity index (χ0) is 21.3. The summed E-state index contributed by atoms with van der Waals surface area (Å²) in [5.41, 5.74) is 2.50. The fourth-order valence-corrected chi connectivity index (χ4v) is 7.45. The van der Waals surface area contributed by atoms with Gasteiger partial charge in [0.15, 0.2) is 0 Å². The summed E-state index contributed by atoms with van der Waals surface area (Å²) in [5, 5.41) is 22.3. The molecule has 1 aliphatic heterocycles. The quantitative estimate of drug-likeness (QED) is 0.290. The van der Waals surface area contributed by atoms with Crippen LogP contribution in [-0.2, 0) is 16.0 Å². The molecule has 1 spiro atoms. The Kier molecular flexibility index (Phi) is 4.30. The van der Waals surface area contributed by atoms with Crippen LogP contribution in [0, 0.1) is 22.7 Å². The Bertz CT molecular complexity index is 922. The molecule has 162 valence electrons. The number of carbonyl (C=O) groups is 1. The number of fused-ring (bicyclic) bond motifs is 6. The van der Waals surface area contributed by atoms with Crippen LogP contribution in [0.2, 0.25) is 0 Å². The lowest BCUT2D eigenvalue weighted by Gasteiger charge is -2.56. The molecule has 3 aliphatic carbocycles. The molecule has 0 radical (unpaired) electrons. The van der Waals surface area contributed by atoms with Gasteiger partial charge in [0.2, 0.25) is 0 Å². The highest BCUT2D eigenvalue weighted by Gasteiger charge is 2.65. The number of carbonyl (C=O) groups excluding carboxylic acids is 1. The molecule has 3 unspecified atom stereocenters. The molecule has 4 aliphatic rings. The van der Waals surface area contributed by atoms with Gasteiger partial charge in [0.1, 0.15) is 11.4 Å². The molecule has 1 heterocycles. The van der Waals surface area contributed by atoms with Gasteiger partial charge >= 0.3 is 5.97 Å². The van der Waals surface area contributed by atoms with Crippen LogP contribution in [0.3, 0.4) is 0 Å². The third-order valence-corrected chi connectivity index (χ3v) is 9.35.